The van der Waals surface area contributed by atoms with Crippen LogP contribution in [0.2, 0.25) is 0 Å². The van der Waals surface area contributed by atoms with Gasteiger partial charge in [-0.15, -0.1) is 0 Å². The van der Waals surface area contributed by atoms with E-state index < -0.39 is 0 Å². The number of methoxy groups -OCH3 is 1. The normalized spacial score (nSPS) is 13.1. The Kier molecular flexibility index (Phi) is 4.57. The third kappa shape index (κ3) is 3.40. The van der Waals surface area contributed by atoms with Crippen LogP contribution in [0, 0.1) is 0 Å². The summed E-state index contributed by atoms with van der Waals surface area (Å²) in [5, 5.41) is 0. The molecule has 0 aliphatic carbocycles. The summed E-state index contributed by atoms with van der Waals surface area (Å²) in [7, 11) is 1.57. The van der Waals surface area contributed by atoms with Crippen molar-refractivity contribution in [3.63, 3.8) is 0 Å². The third-order valence-corrected chi connectivity index (χ3v) is 1.29. The molecule has 0 radical (unpaired) electrons. The maximum absolute atomic E-state index is 5.28. The third-order valence-electron chi connectivity index (χ3n) is 1.03. The summed E-state index contributed by atoms with van der Waals surface area (Å²) in [4.78, 5) is 0.378. The van der Waals surface area contributed by atoms with Gasteiger partial charge in [0.2, 0.25) is 0 Å². The van der Waals surface area contributed by atoms with Crippen LogP contribution in [0.3, 0.4) is 0 Å². The number of ether oxygens (including phenoxy) is 1. The van der Waals surface area contributed by atoms with Gasteiger partial charge >= 0.3 is 0 Å². The van der Waals surface area contributed by atoms with Gasteiger partial charge in [0.1, 0.15) is 11.1 Å². The molecule has 0 aromatic heterocycles. The summed E-state index contributed by atoms with van der Waals surface area (Å²) >= 11 is 4.68. The number of hydrogen-bond acceptors (Lipinski definition) is 3. The Morgan fingerprint density at radius 1 is 1.78 bits per heavy atom. The summed E-state index contributed by atoms with van der Waals surface area (Å²) < 4.78 is 4.91. The van der Waals surface area contributed by atoms with Crippen LogP contribution < -0.4 is 11.5 Å². The Bertz CT molecular complexity index is 97.0. The van der Waals surface area contributed by atoms with E-state index in [0.29, 0.717) is 18.0 Å². The summed E-state index contributed by atoms with van der Waals surface area (Å²) in [6.45, 7) is 0.551. The van der Waals surface area contributed by atoms with Crippen molar-refractivity contribution in [1.82, 2.24) is 0 Å². The molecule has 0 heterocycles. The Morgan fingerprint density at radius 3 is 2.44 bits per heavy atom. The maximum atomic E-state index is 5.28. The van der Waals surface area contributed by atoms with Gasteiger partial charge in [-0.25, -0.2) is 0 Å². The molecule has 0 aliphatic heterocycles. The predicted octanol–water partition coefficient (Wildman–Crippen LogP) is -0.364. The molecule has 0 saturated carbocycles. The lowest BCUT2D eigenvalue weighted by Crippen LogP contribution is -2.30. The fourth-order valence-corrected chi connectivity index (χ4v) is 0.742. The van der Waals surface area contributed by atoms with E-state index in [1.807, 2.05) is 0 Å². The minimum absolute atomic E-state index is 0.148. The Labute approximate surface area is 60.4 Å². The molecule has 0 aromatic carbocycles. The highest BCUT2D eigenvalue weighted by molar-refractivity contribution is 7.80. The summed E-state index contributed by atoms with van der Waals surface area (Å²) in [6, 6.07) is 0. The zero-order valence-corrected chi connectivity index (χ0v) is 6.28. The zero-order valence-electron chi connectivity index (χ0n) is 5.46. The topological polar surface area (TPSA) is 61.3 Å². The highest BCUT2D eigenvalue weighted by Crippen LogP contribution is 1.94. The molecule has 0 saturated heterocycles. The molecule has 9 heavy (non-hydrogen) atoms. The first-order valence-corrected chi connectivity index (χ1v) is 3.15. The lowest BCUT2D eigenvalue weighted by molar-refractivity contribution is 0.151. The Hall–Kier alpha value is -0.190. The van der Waals surface area contributed by atoms with Gasteiger partial charge < -0.3 is 16.2 Å². The van der Waals surface area contributed by atoms with Gasteiger partial charge in [0, 0.05) is 7.11 Å². The molecular weight excluding hydrogens is 136 g/mol. The molecule has 0 amide bonds. The van der Waals surface area contributed by atoms with Gasteiger partial charge in [-0.2, -0.15) is 0 Å². The molecule has 0 spiro atoms. The standard InChI is InChI=1S/C5H12N2OS/c1-8-4(2-3-6)5(7)9/h4H,2-3,6H2,1H3,(H2,7,9). The molecule has 0 aliphatic rings. The second kappa shape index (κ2) is 4.67. The second-order valence-electron chi connectivity index (χ2n) is 1.70. The van der Waals surface area contributed by atoms with Crippen LogP contribution in [0.15, 0.2) is 0 Å². The molecule has 0 fully saturated rings. The van der Waals surface area contributed by atoms with Gasteiger partial charge in [-0.3, -0.25) is 0 Å². The van der Waals surface area contributed by atoms with Crippen LogP contribution in [-0.4, -0.2) is 24.7 Å². The molecule has 4 N–H and O–H groups in total. The Morgan fingerprint density at radius 2 is 2.33 bits per heavy atom. The molecule has 0 rings (SSSR count). The van der Waals surface area contributed by atoms with Crippen molar-refractivity contribution in [2.45, 2.75) is 12.5 Å². The van der Waals surface area contributed by atoms with Crippen LogP contribution in [0.25, 0.3) is 0 Å². The summed E-state index contributed by atoms with van der Waals surface area (Å²) in [5.41, 5.74) is 10.5. The van der Waals surface area contributed by atoms with Crippen molar-refractivity contribution < 1.29 is 4.74 Å². The summed E-state index contributed by atoms with van der Waals surface area (Å²) in [6.07, 6.45) is 0.552. The van der Waals surface area contributed by atoms with Gasteiger partial charge in [0.25, 0.3) is 0 Å². The molecule has 3 nitrogen and oxygen atoms in total. The largest absolute Gasteiger partial charge is 0.391 e. The van der Waals surface area contributed by atoms with E-state index in [0.717, 1.165) is 0 Å². The van der Waals surface area contributed by atoms with E-state index in [-0.39, 0.29) is 6.10 Å². The van der Waals surface area contributed by atoms with Crippen LogP contribution in [0.1, 0.15) is 6.42 Å². The van der Waals surface area contributed by atoms with Crippen molar-refractivity contribution in [3.05, 3.63) is 0 Å². The molecule has 0 aromatic rings. The molecular formula is C5H12N2OS. The van der Waals surface area contributed by atoms with Crippen molar-refractivity contribution in [3.8, 4) is 0 Å². The number of rotatable bonds is 4. The SMILES string of the molecule is COC(CCN)C(N)=S. The minimum atomic E-state index is -0.148. The van der Waals surface area contributed by atoms with Gasteiger partial charge in [-0.1, -0.05) is 12.2 Å². The second-order valence-corrected chi connectivity index (χ2v) is 2.18. The van der Waals surface area contributed by atoms with E-state index in [9.17, 15) is 0 Å². The fraction of sp³-hybridized carbons (Fsp3) is 0.800. The number of hydrogen-bond donors (Lipinski definition) is 2. The molecule has 0 bridgehead atoms. The van der Waals surface area contributed by atoms with Crippen molar-refractivity contribution in [1.29, 1.82) is 0 Å². The smallest absolute Gasteiger partial charge is 0.108 e. The Balaban J connectivity index is 3.54. The number of nitrogens with two attached hydrogens (primary N) is 2. The minimum Gasteiger partial charge on any atom is -0.391 e. The van der Waals surface area contributed by atoms with E-state index in [1.54, 1.807) is 7.11 Å². The van der Waals surface area contributed by atoms with Gasteiger partial charge in [0.05, 0.1) is 0 Å². The number of thiocarbonyl (C=S) groups is 1. The van der Waals surface area contributed by atoms with E-state index >= 15 is 0 Å². The first-order valence-electron chi connectivity index (χ1n) is 2.74. The monoisotopic (exact) mass is 148 g/mol. The highest BCUT2D eigenvalue weighted by atomic mass is 32.1. The quantitative estimate of drug-likeness (QED) is 0.534. The van der Waals surface area contributed by atoms with E-state index in [1.165, 1.54) is 0 Å². The first-order chi connectivity index (χ1) is 4.22. The summed E-state index contributed by atoms with van der Waals surface area (Å²) in [5.74, 6) is 0. The van der Waals surface area contributed by atoms with Crippen molar-refractivity contribution in [2.24, 2.45) is 11.5 Å². The molecule has 54 valence electrons. The predicted molar refractivity (Wildman–Crippen MR) is 41.3 cm³/mol. The fourth-order valence-electron chi connectivity index (χ4n) is 0.528. The van der Waals surface area contributed by atoms with E-state index in [4.69, 9.17) is 16.2 Å². The zero-order chi connectivity index (χ0) is 7.28. The maximum Gasteiger partial charge on any atom is 0.108 e. The molecule has 1 unspecified atom stereocenters. The first kappa shape index (κ1) is 8.81. The van der Waals surface area contributed by atoms with Crippen molar-refractivity contribution in [2.75, 3.05) is 13.7 Å². The average molecular weight is 148 g/mol. The highest BCUT2D eigenvalue weighted by Gasteiger charge is 2.07. The van der Waals surface area contributed by atoms with Crippen molar-refractivity contribution >= 4 is 17.2 Å². The van der Waals surface area contributed by atoms with Gasteiger partial charge in [0.15, 0.2) is 0 Å². The van der Waals surface area contributed by atoms with Crippen LogP contribution >= 0.6 is 12.2 Å². The van der Waals surface area contributed by atoms with Crippen LogP contribution in [0.4, 0.5) is 0 Å². The van der Waals surface area contributed by atoms with Crippen LogP contribution in [-0.2, 0) is 4.74 Å². The molecule has 1 atom stereocenters. The van der Waals surface area contributed by atoms with Gasteiger partial charge in [-0.05, 0) is 13.0 Å². The van der Waals surface area contributed by atoms with Crippen LogP contribution in [0.5, 0.6) is 0 Å². The van der Waals surface area contributed by atoms with E-state index in [2.05, 4.69) is 12.2 Å². The lowest BCUT2D eigenvalue weighted by atomic mass is 10.2. The molecule has 4 heteroatoms. The average Bonchev–Trinajstić information content (AvgIpc) is 1.82. The lowest BCUT2D eigenvalue weighted by Gasteiger charge is -2.10.